The molecule has 0 aromatic heterocycles. The van der Waals surface area contributed by atoms with Crippen LogP contribution in [0.1, 0.15) is 34.5 Å². The highest BCUT2D eigenvalue weighted by Crippen LogP contribution is 2.19. The largest absolute Gasteiger partial charge is 0.346 e. The van der Waals surface area contributed by atoms with Gasteiger partial charge in [0.25, 0.3) is 15.9 Å². The number of carbonyl (C=O) groups is 1. The van der Waals surface area contributed by atoms with E-state index < -0.39 is 10.0 Å². The van der Waals surface area contributed by atoms with Crippen molar-refractivity contribution in [1.29, 1.82) is 0 Å². The van der Waals surface area contributed by atoms with Crippen LogP contribution < -0.4 is 10.0 Å². The van der Waals surface area contributed by atoms with Crippen molar-refractivity contribution in [2.24, 2.45) is 0 Å². The number of carbonyl (C=O) groups excluding carboxylic acids is 1. The number of rotatable bonds is 6. The van der Waals surface area contributed by atoms with E-state index in [2.05, 4.69) is 10.0 Å². The summed E-state index contributed by atoms with van der Waals surface area (Å²) in [6.45, 7) is 3.94. The van der Waals surface area contributed by atoms with Gasteiger partial charge in [-0.2, -0.15) is 0 Å². The first-order valence-corrected chi connectivity index (χ1v) is 10.4. The van der Waals surface area contributed by atoms with E-state index in [1.54, 1.807) is 42.5 Å². The van der Waals surface area contributed by atoms with Gasteiger partial charge in [0.15, 0.2) is 0 Å². The van der Waals surface area contributed by atoms with Crippen molar-refractivity contribution >= 4 is 21.6 Å². The number of sulfonamides is 1. The minimum Gasteiger partial charge on any atom is -0.346 e. The first-order valence-electron chi connectivity index (χ1n) is 8.91. The molecule has 1 amide bonds. The number of aryl methyl sites for hydroxylation is 1. The molecule has 3 aromatic carbocycles. The summed E-state index contributed by atoms with van der Waals surface area (Å²) < 4.78 is 27.2. The molecule has 0 saturated carbocycles. The monoisotopic (exact) mass is 394 g/mol. The second-order valence-corrected chi connectivity index (χ2v) is 8.23. The fourth-order valence-corrected chi connectivity index (χ4v) is 4.01. The molecule has 5 nitrogen and oxygen atoms in total. The molecule has 144 valence electrons. The Morgan fingerprint density at radius 2 is 1.46 bits per heavy atom. The molecule has 0 bridgehead atoms. The van der Waals surface area contributed by atoms with E-state index in [0.29, 0.717) is 11.3 Å². The van der Waals surface area contributed by atoms with Crippen LogP contribution >= 0.6 is 0 Å². The van der Waals surface area contributed by atoms with Crippen LogP contribution in [0.5, 0.6) is 0 Å². The Balaban J connectivity index is 1.69. The van der Waals surface area contributed by atoms with Crippen molar-refractivity contribution in [3.8, 4) is 0 Å². The Morgan fingerprint density at radius 3 is 2.11 bits per heavy atom. The quantitative estimate of drug-likeness (QED) is 0.655. The Bertz CT molecular complexity index is 1060. The van der Waals surface area contributed by atoms with Crippen molar-refractivity contribution in [1.82, 2.24) is 5.32 Å². The van der Waals surface area contributed by atoms with Gasteiger partial charge in [-0.3, -0.25) is 9.52 Å². The number of hydrogen-bond donors (Lipinski definition) is 2. The maximum Gasteiger partial charge on any atom is 0.261 e. The number of nitrogens with one attached hydrogen (secondary N) is 2. The van der Waals surface area contributed by atoms with E-state index in [1.807, 2.05) is 38.1 Å². The first-order chi connectivity index (χ1) is 13.4. The third-order valence-electron chi connectivity index (χ3n) is 4.46. The van der Waals surface area contributed by atoms with E-state index >= 15 is 0 Å². The van der Waals surface area contributed by atoms with Crippen LogP contribution in [0.2, 0.25) is 0 Å². The van der Waals surface area contributed by atoms with Crippen LogP contribution in [0.3, 0.4) is 0 Å². The lowest BCUT2D eigenvalue weighted by Crippen LogP contribution is -2.27. The predicted molar refractivity (Wildman–Crippen MR) is 111 cm³/mol. The SMILES string of the molecule is Cc1ccccc1[C@@H](C)NC(=O)c1ccc(NS(=O)(=O)c2ccccc2)cc1. The maximum atomic E-state index is 12.5. The minimum atomic E-state index is -3.66. The molecular formula is C22H22N2O3S. The number of benzene rings is 3. The van der Waals surface area contributed by atoms with E-state index in [4.69, 9.17) is 0 Å². The van der Waals surface area contributed by atoms with Crippen LogP contribution in [0.4, 0.5) is 5.69 Å². The molecule has 0 saturated heterocycles. The number of anilines is 1. The third-order valence-corrected chi connectivity index (χ3v) is 5.85. The zero-order chi connectivity index (χ0) is 20.1. The molecule has 0 aliphatic rings. The third kappa shape index (κ3) is 4.58. The van der Waals surface area contributed by atoms with Gasteiger partial charge in [-0.25, -0.2) is 8.42 Å². The van der Waals surface area contributed by atoms with Crippen LogP contribution in [0, 0.1) is 6.92 Å². The van der Waals surface area contributed by atoms with E-state index in [1.165, 1.54) is 12.1 Å². The average molecular weight is 394 g/mol. The Hall–Kier alpha value is -3.12. The summed E-state index contributed by atoms with van der Waals surface area (Å²) in [6.07, 6.45) is 0. The lowest BCUT2D eigenvalue weighted by Gasteiger charge is -2.16. The van der Waals surface area contributed by atoms with Crippen molar-refractivity contribution in [2.75, 3.05) is 4.72 Å². The van der Waals surface area contributed by atoms with E-state index in [9.17, 15) is 13.2 Å². The van der Waals surface area contributed by atoms with Crippen LogP contribution in [-0.2, 0) is 10.0 Å². The lowest BCUT2D eigenvalue weighted by atomic mass is 10.0. The lowest BCUT2D eigenvalue weighted by molar-refractivity contribution is 0.0940. The highest BCUT2D eigenvalue weighted by Gasteiger charge is 2.15. The molecule has 0 aliphatic heterocycles. The summed E-state index contributed by atoms with van der Waals surface area (Å²) in [5, 5.41) is 2.97. The van der Waals surface area contributed by atoms with Crippen LogP contribution in [0.25, 0.3) is 0 Å². The Labute approximate surface area is 165 Å². The highest BCUT2D eigenvalue weighted by molar-refractivity contribution is 7.92. The zero-order valence-corrected chi connectivity index (χ0v) is 16.5. The molecule has 0 spiro atoms. The van der Waals surface area contributed by atoms with Crippen molar-refractivity contribution < 1.29 is 13.2 Å². The number of amides is 1. The first kappa shape index (κ1) is 19.6. The molecule has 0 radical (unpaired) electrons. The van der Waals surface area contributed by atoms with Crippen LogP contribution in [0.15, 0.2) is 83.8 Å². The Morgan fingerprint density at radius 1 is 0.857 bits per heavy atom. The second kappa shape index (κ2) is 8.27. The predicted octanol–water partition coefficient (Wildman–Crippen LogP) is 4.29. The van der Waals surface area contributed by atoms with Gasteiger partial charge < -0.3 is 5.32 Å². The fraction of sp³-hybridized carbons (Fsp3) is 0.136. The number of hydrogen-bond acceptors (Lipinski definition) is 3. The van der Waals surface area contributed by atoms with E-state index in [0.717, 1.165) is 11.1 Å². The molecule has 0 unspecified atom stereocenters. The van der Waals surface area contributed by atoms with E-state index in [-0.39, 0.29) is 16.8 Å². The molecular weight excluding hydrogens is 372 g/mol. The normalized spacial score (nSPS) is 12.2. The van der Waals surface area contributed by atoms with Gasteiger partial charge in [0, 0.05) is 11.3 Å². The molecule has 3 aromatic rings. The topological polar surface area (TPSA) is 75.3 Å². The van der Waals surface area contributed by atoms with Crippen molar-refractivity contribution in [3.63, 3.8) is 0 Å². The molecule has 0 heterocycles. The summed E-state index contributed by atoms with van der Waals surface area (Å²) in [5.41, 5.74) is 3.03. The molecule has 28 heavy (non-hydrogen) atoms. The van der Waals surface area contributed by atoms with Gasteiger partial charge in [0.1, 0.15) is 0 Å². The molecule has 1 atom stereocenters. The maximum absolute atomic E-state index is 12.5. The van der Waals surface area contributed by atoms with Crippen molar-refractivity contribution in [3.05, 3.63) is 95.6 Å². The van der Waals surface area contributed by atoms with Gasteiger partial charge in [0.05, 0.1) is 10.9 Å². The summed E-state index contributed by atoms with van der Waals surface area (Å²) in [4.78, 5) is 12.7. The molecule has 6 heteroatoms. The summed E-state index contributed by atoms with van der Waals surface area (Å²) in [6, 6.07) is 22.3. The second-order valence-electron chi connectivity index (χ2n) is 6.55. The molecule has 0 fully saturated rings. The molecule has 0 aliphatic carbocycles. The van der Waals surface area contributed by atoms with Gasteiger partial charge in [-0.15, -0.1) is 0 Å². The van der Waals surface area contributed by atoms with Gasteiger partial charge >= 0.3 is 0 Å². The Kier molecular flexibility index (Phi) is 5.80. The molecule has 2 N–H and O–H groups in total. The van der Waals surface area contributed by atoms with Gasteiger partial charge in [-0.1, -0.05) is 42.5 Å². The summed E-state index contributed by atoms with van der Waals surface area (Å²) in [5.74, 6) is -0.215. The van der Waals surface area contributed by atoms with Gasteiger partial charge in [-0.05, 0) is 61.4 Å². The van der Waals surface area contributed by atoms with Crippen molar-refractivity contribution in [2.45, 2.75) is 24.8 Å². The average Bonchev–Trinajstić information content (AvgIpc) is 2.69. The van der Waals surface area contributed by atoms with Gasteiger partial charge in [0.2, 0.25) is 0 Å². The fourth-order valence-electron chi connectivity index (χ4n) is 2.93. The smallest absolute Gasteiger partial charge is 0.261 e. The summed E-state index contributed by atoms with van der Waals surface area (Å²) in [7, 11) is -3.66. The zero-order valence-electron chi connectivity index (χ0n) is 15.7. The minimum absolute atomic E-state index is 0.134. The standard InChI is InChI=1S/C22H22N2O3S/c1-16-8-6-7-11-21(16)17(2)23-22(25)18-12-14-19(15-13-18)24-28(26,27)20-9-4-3-5-10-20/h3-15,17,24H,1-2H3,(H,23,25)/t17-/m1/s1. The summed E-state index contributed by atoms with van der Waals surface area (Å²) >= 11 is 0. The highest BCUT2D eigenvalue weighted by atomic mass is 32.2. The van der Waals surface area contributed by atoms with Crippen LogP contribution in [-0.4, -0.2) is 14.3 Å². The molecule has 3 rings (SSSR count).